The van der Waals surface area contributed by atoms with Gasteiger partial charge in [0, 0.05) is 32.7 Å². The Morgan fingerprint density at radius 1 is 1.16 bits per heavy atom. The smallest absolute Gasteiger partial charge is 0.307 e. The number of nitrogens with zero attached hydrogens (tertiary/aromatic N) is 2. The molecule has 2 rings (SSSR count). The molecule has 140 valence electrons. The highest BCUT2D eigenvalue weighted by Gasteiger charge is 2.29. The summed E-state index contributed by atoms with van der Waals surface area (Å²) in [4.78, 5) is 13.8. The van der Waals surface area contributed by atoms with E-state index in [1.807, 2.05) is 13.8 Å². The predicted octanol–water partition coefficient (Wildman–Crippen LogP) is 2.64. The zero-order valence-corrected chi connectivity index (χ0v) is 16.6. The quantitative estimate of drug-likeness (QED) is 0.676. The highest BCUT2D eigenvalue weighted by molar-refractivity contribution is 7.89. The zero-order valence-electron chi connectivity index (χ0n) is 14.2. The van der Waals surface area contributed by atoms with Crippen LogP contribution in [0, 0.1) is 0 Å². The van der Waals surface area contributed by atoms with Crippen LogP contribution in [0.3, 0.4) is 0 Å². The van der Waals surface area contributed by atoms with E-state index in [1.54, 1.807) is 0 Å². The van der Waals surface area contributed by atoms with E-state index in [0.29, 0.717) is 44.2 Å². The molecule has 1 aliphatic heterocycles. The van der Waals surface area contributed by atoms with Crippen molar-refractivity contribution in [3.8, 4) is 0 Å². The minimum atomic E-state index is -3.60. The summed E-state index contributed by atoms with van der Waals surface area (Å²) in [5.74, 6) is -0.235. The van der Waals surface area contributed by atoms with E-state index in [-0.39, 0.29) is 22.0 Å². The molecule has 0 spiro atoms. The average Bonchev–Trinajstić information content (AvgIpc) is 2.55. The Kier molecular flexibility index (Phi) is 7.10. The zero-order chi connectivity index (χ0) is 18.6. The number of carbonyl (C=O) groups excluding carboxylic acids is 1. The molecule has 25 heavy (non-hydrogen) atoms. The van der Waals surface area contributed by atoms with Gasteiger partial charge in [-0.2, -0.15) is 4.31 Å². The first kappa shape index (κ1) is 20.5. The lowest BCUT2D eigenvalue weighted by Crippen LogP contribution is -2.49. The van der Waals surface area contributed by atoms with Crippen molar-refractivity contribution in [2.75, 3.05) is 32.7 Å². The molecule has 0 atom stereocenters. The fourth-order valence-corrected chi connectivity index (χ4v) is 4.36. The van der Waals surface area contributed by atoms with Gasteiger partial charge in [0.25, 0.3) is 0 Å². The van der Waals surface area contributed by atoms with Crippen molar-refractivity contribution < 1.29 is 17.9 Å². The van der Waals surface area contributed by atoms with Gasteiger partial charge in [-0.15, -0.1) is 0 Å². The van der Waals surface area contributed by atoms with E-state index in [2.05, 4.69) is 4.90 Å². The van der Waals surface area contributed by atoms with E-state index < -0.39 is 10.0 Å². The summed E-state index contributed by atoms with van der Waals surface area (Å²) in [6, 6.07) is 4.30. The normalized spacial score (nSPS) is 17.0. The van der Waals surface area contributed by atoms with Crippen molar-refractivity contribution >= 4 is 39.2 Å². The molecule has 1 saturated heterocycles. The van der Waals surface area contributed by atoms with Crippen molar-refractivity contribution in [1.29, 1.82) is 0 Å². The SMILES string of the molecule is CC(C)OC(=O)CCN1CCN(S(=O)(=O)c2ccc(Cl)c(Cl)c2)CC1. The van der Waals surface area contributed by atoms with Gasteiger partial charge in [0.05, 0.1) is 27.5 Å². The van der Waals surface area contributed by atoms with Gasteiger partial charge in [-0.1, -0.05) is 23.2 Å². The number of carbonyl (C=O) groups is 1. The van der Waals surface area contributed by atoms with E-state index in [1.165, 1.54) is 22.5 Å². The summed E-state index contributed by atoms with van der Waals surface area (Å²) in [7, 11) is -3.60. The number of ether oxygens (including phenoxy) is 1. The van der Waals surface area contributed by atoms with Crippen LogP contribution in [-0.2, 0) is 19.6 Å². The van der Waals surface area contributed by atoms with E-state index in [0.717, 1.165) is 0 Å². The molecule has 0 saturated carbocycles. The van der Waals surface area contributed by atoms with Crippen molar-refractivity contribution in [2.45, 2.75) is 31.3 Å². The lowest BCUT2D eigenvalue weighted by molar-refractivity contribution is -0.147. The van der Waals surface area contributed by atoms with Gasteiger partial charge in [0.1, 0.15) is 0 Å². The number of piperazine rings is 1. The number of sulfonamides is 1. The van der Waals surface area contributed by atoms with Gasteiger partial charge < -0.3 is 9.64 Å². The van der Waals surface area contributed by atoms with Crippen LogP contribution in [0.25, 0.3) is 0 Å². The fraction of sp³-hybridized carbons (Fsp3) is 0.562. The van der Waals surface area contributed by atoms with Crippen molar-refractivity contribution in [2.24, 2.45) is 0 Å². The summed E-state index contributed by atoms with van der Waals surface area (Å²) < 4.78 is 31.9. The second-order valence-electron chi connectivity index (χ2n) is 6.11. The van der Waals surface area contributed by atoms with Crippen molar-refractivity contribution in [3.63, 3.8) is 0 Å². The molecule has 1 aromatic carbocycles. The third-order valence-electron chi connectivity index (χ3n) is 3.86. The summed E-state index contributed by atoms with van der Waals surface area (Å²) in [6.45, 7) is 6.04. The van der Waals surface area contributed by atoms with E-state index >= 15 is 0 Å². The molecule has 0 unspecified atom stereocenters. The van der Waals surface area contributed by atoms with Crippen LogP contribution in [0.4, 0.5) is 0 Å². The summed E-state index contributed by atoms with van der Waals surface area (Å²) in [5, 5.41) is 0.531. The molecular weight excluding hydrogens is 387 g/mol. The topological polar surface area (TPSA) is 66.9 Å². The van der Waals surface area contributed by atoms with Crippen LogP contribution >= 0.6 is 23.2 Å². The first-order valence-electron chi connectivity index (χ1n) is 8.07. The van der Waals surface area contributed by atoms with Crippen LogP contribution in [0.5, 0.6) is 0 Å². The number of esters is 1. The lowest BCUT2D eigenvalue weighted by atomic mass is 10.3. The maximum Gasteiger partial charge on any atom is 0.307 e. The average molecular weight is 409 g/mol. The Labute approximate surface area is 158 Å². The molecule has 0 radical (unpaired) electrons. The minimum Gasteiger partial charge on any atom is -0.463 e. The Morgan fingerprint density at radius 2 is 1.80 bits per heavy atom. The second-order valence-corrected chi connectivity index (χ2v) is 8.86. The molecular formula is C16H22Cl2N2O4S. The molecule has 0 aromatic heterocycles. The Bertz CT molecular complexity index is 717. The van der Waals surface area contributed by atoms with Gasteiger partial charge in [-0.25, -0.2) is 8.42 Å². The summed E-state index contributed by atoms with van der Waals surface area (Å²) in [6.07, 6.45) is 0.179. The highest BCUT2D eigenvalue weighted by atomic mass is 35.5. The molecule has 1 fully saturated rings. The third kappa shape index (κ3) is 5.56. The maximum absolute atomic E-state index is 12.7. The van der Waals surface area contributed by atoms with Gasteiger partial charge in [-0.05, 0) is 32.0 Å². The van der Waals surface area contributed by atoms with E-state index in [4.69, 9.17) is 27.9 Å². The Hall–Kier alpha value is -0.860. The Morgan fingerprint density at radius 3 is 2.36 bits per heavy atom. The first-order chi connectivity index (χ1) is 11.7. The number of hydrogen-bond donors (Lipinski definition) is 0. The number of hydrogen-bond acceptors (Lipinski definition) is 5. The van der Waals surface area contributed by atoms with Gasteiger partial charge >= 0.3 is 5.97 Å². The molecule has 0 bridgehead atoms. The largest absolute Gasteiger partial charge is 0.463 e. The van der Waals surface area contributed by atoms with Crippen LogP contribution < -0.4 is 0 Å². The first-order valence-corrected chi connectivity index (χ1v) is 10.3. The van der Waals surface area contributed by atoms with E-state index in [9.17, 15) is 13.2 Å². The molecule has 9 heteroatoms. The monoisotopic (exact) mass is 408 g/mol. The number of rotatable bonds is 6. The summed E-state index contributed by atoms with van der Waals surface area (Å²) in [5.41, 5.74) is 0. The number of benzene rings is 1. The van der Waals surface area contributed by atoms with Crippen LogP contribution in [0.15, 0.2) is 23.1 Å². The molecule has 1 aliphatic rings. The third-order valence-corrected chi connectivity index (χ3v) is 6.49. The molecule has 6 nitrogen and oxygen atoms in total. The second kappa shape index (κ2) is 8.68. The highest BCUT2D eigenvalue weighted by Crippen LogP contribution is 2.27. The maximum atomic E-state index is 12.7. The molecule has 0 N–H and O–H groups in total. The van der Waals surface area contributed by atoms with Gasteiger partial charge in [-0.3, -0.25) is 4.79 Å². The lowest BCUT2D eigenvalue weighted by Gasteiger charge is -2.33. The fourth-order valence-electron chi connectivity index (χ4n) is 2.55. The van der Waals surface area contributed by atoms with Crippen molar-refractivity contribution in [1.82, 2.24) is 9.21 Å². The minimum absolute atomic E-state index is 0.124. The molecule has 0 amide bonds. The molecule has 1 heterocycles. The van der Waals surface area contributed by atoms with Crippen LogP contribution in [0.1, 0.15) is 20.3 Å². The summed E-state index contributed by atoms with van der Waals surface area (Å²) >= 11 is 11.8. The van der Waals surface area contributed by atoms with Crippen molar-refractivity contribution in [3.05, 3.63) is 28.2 Å². The standard InChI is InChI=1S/C16H22Cl2N2O4S/c1-12(2)24-16(21)5-6-19-7-9-20(10-8-19)25(22,23)13-3-4-14(17)15(18)11-13/h3-4,11-12H,5-10H2,1-2H3. The predicted molar refractivity (Wildman–Crippen MR) is 97.5 cm³/mol. The Balaban J connectivity index is 1.90. The molecule has 1 aromatic rings. The molecule has 0 aliphatic carbocycles. The number of halogens is 2. The van der Waals surface area contributed by atoms with Crippen LogP contribution in [0.2, 0.25) is 10.0 Å². The van der Waals surface area contributed by atoms with Gasteiger partial charge in [0.2, 0.25) is 10.0 Å². The van der Waals surface area contributed by atoms with Gasteiger partial charge in [0.15, 0.2) is 0 Å². The van der Waals surface area contributed by atoms with Crippen LogP contribution in [-0.4, -0.2) is 62.4 Å².